The zero-order valence-electron chi connectivity index (χ0n) is 16.9. The van der Waals surface area contributed by atoms with Crippen LogP contribution in [0.5, 0.6) is 0 Å². The molecule has 29 heavy (non-hydrogen) atoms. The molecule has 3 N–H and O–H groups in total. The van der Waals surface area contributed by atoms with Crippen LogP contribution in [0.25, 0.3) is 0 Å². The summed E-state index contributed by atoms with van der Waals surface area (Å²) in [6.45, 7) is 7.36. The molecule has 2 atom stereocenters. The van der Waals surface area contributed by atoms with Gasteiger partial charge in [0.1, 0.15) is 6.04 Å². The van der Waals surface area contributed by atoms with Crippen LogP contribution in [0.1, 0.15) is 48.2 Å². The van der Waals surface area contributed by atoms with Crippen molar-refractivity contribution in [3.8, 4) is 0 Å². The maximum atomic E-state index is 12.9. The maximum absolute atomic E-state index is 12.9. The van der Waals surface area contributed by atoms with E-state index in [-0.39, 0.29) is 35.7 Å². The lowest BCUT2D eigenvalue weighted by Gasteiger charge is -2.29. The lowest BCUT2D eigenvalue weighted by atomic mass is 10.0. The number of rotatable bonds is 4. The Hall–Kier alpha value is -2.29. The second kappa shape index (κ2) is 7.85. The van der Waals surface area contributed by atoms with Crippen molar-refractivity contribution in [2.75, 3.05) is 19.8 Å². The van der Waals surface area contributed by atoms with Crippen LogP contribution in [-0.4, -0.2) is 60.0 Å². The molecule has 1 aromatic rings. The fourth-order valence-electron chi connectivity index (χ4n) is 4.17. The van der Waals surface area contributed by atoms with E-state index >= 15 is 0 Å². The summed E-state index contributed by atoms with van der Waals surface area (Å²) in [5.74, 6) is -0.799. The second-order valence-corrected chi connectivity index (χ2v) is 8.70. The van der Waals surface area contributed by atoms with Crippen LogP contribution in [0.2, 0.25) is 0 Å². The number of amides is 3. The Morgan fingerprint density at radius 2 is 2.10 bits per heavy atom. The number of piperidine rings is 1. The number of nitrogens with zero attached hydrogens (tertiary/aromatic N) is 1. The third-order valence-corrected chi connectivity index (χ3v) is 5.87. The number of nitrogens with one attached hydrogen (secondary N) is 3. The third-order valence-electron chi connectivity index (χ3n) is 5.87. The van der Waals surface area contributed by atoms with Gasteiger partial charge < -0.3 is 20.3 Å². The van der Waals surface area contributed by atoms with Gasteiger partial charge in [0.25, 0.3) is 5.91 Å². The van der Waals surface area contributed by atoms with Gasteiger partial charge in [-0.15, -0.1) is 0 Å². The number of hydrogen-bond donors (Lipinski definition) is 3. The molecule has 2 saturated heterocycles. The SMILES string of the molecule is CC1(C)COCC(NCc2cccc3c2CN(C2CCC(=O)NC2=O)C3=O)CN1. The first-order chi connectivity index (χ1) is 13.8. The molecule has 4 rings (SSSR count). The third kappa shape index (κ3) is 4.19. The van der Waals surface area contributed by atoms with E-state index in [4.69, 9.17) is 4.74 Å². The van der Waals surface area contributed by atoms with E-state index in [1.54, 1.807) is 4.90 Å². The van der Waals surface area contributed by atoms with Crippen LogP contribution >= 0.6 is 0 Å². The molecule has 8 heteroatoms. The van der Waals surface area contributed by atoms with Crippen LogP contribution in [-0.2, 0) is 27.4 Å². The van der Waals surface area contributed by atoms with Crippen LogP contribution < -0.4 is 16.0 Å². The maximum Gasteiger partial charge on any atom is 0.255 e. The average molecular weight is 400 g/mol. The molecule has 3 aliphatic rings. The van der Waals surface area contributed by atoms with Crippen molar-refractivity contribution in [3.05, 3.63) is 34.9 Å². The molecule has 0 radical (unpaired) electrons. The van der Waals surface area contributed by atoms with Crippen molar-refractivity contribution in [2.45, 2.75) is 57.4 Å². The lowest BCUT2D eigenvalue weighted by molar-refractivity contribution is -0.136. The van der Waals surface area contributed by atoms with Crippen molar-refractivity contribution >= 4 is 17.7 Å². The molecular formula is C21H28N4O4. The Morgan fingerprint density at radius 3 is 2.90 bits per heavy atom. The number of hydrogen-bond acceptors (Lipinski definition) is 6. The highest BCUT2D eigenvalue weighted by molar-refractivity contribution is 6.05. The minimum absolute atomic E-state index is 0.0424. The molecule has 0 aromatic heterocycles. The van der Waals surface area contributed by atoms with E-state index in [1.165, 1.54) is 0 Å². The quantitative estimate of drug-likeness (QED) is 0.629. The summed E-state index contributed by atoms with van der Waals surface area (Å²) in [5.41, 5.74) is 2.61. The Balaban J connectivity index is 1.44. The Morgan fingerprint density at radius 1 is 1.28 bits per heavy atom. The van der Waals surface area contributed by atoms with Gasteiger partial charge in [0.2, 0.25) is 11.8 Å². The zero-order chi connectivity index (χ0) is 20.6. The summed E-state index contributed by atoms with van der Waals surface area (Å²) in [4.78, 5) is 38.2. The fourth-order valence-corrected chi connectivity index (χ4v) is 4.17. The topological polar surface area (TPSA) is 99.8 Å². The average Bonchev–Trinajstić information content (AvgIpc) is 2.90. The molecule has 0 spiro atoms. The predicted octanol–water partition coefficient (Wildman–Crippen LogP) is 0.304. The van der Waals surface area contributed by atoms with Crippen LogP contribution in [0.4, 0.5) is 0 Å². The standard InChI is InChI=1S/C21H28N4O4/c1-21(2)12-29-11-14(9-23-21)22-8-13-4-3-5-15-16(13)10-25(20(15)28)17-6-7-18(26)24-19(17)27/h3-5,14,17,22-23H,6-12H2,1-2H3,(H,24,26,27). The first-order valence-corrected chi connectivity index (χ1v) is 10.2. The van der Waals surface area contributed by atoms with Gasteiger partial charge in [0.05, 0.1) is 13.2 Å². The van der Waals surface area contributed by atoms with Crippen molar-refractivity contribution in [2.24, 2.45) is 0 Å². The number of fused-ring (bicyclic) bond motifs is 1. The summed E-state index contributed by atoms with van der Waals surface area (Å²) in [6, 6.07) is 5.30. The smallest absolute Gasteiger partial charge is 0.255 e. The van der Waals surface area contributed by atoms with Gasteiger partial charge in [-0.05, 0) is 37.5 Å². The molecule has 3 heterocycles. The highest BCUT2D eigenvalue weighted by Crippen LogP contribution is 2.29. The first kappa shape index (κ1) is 20.0. The Labute approximate surface area is 170 Å². The number of carbonyl (C=O) groups excluding carboxylic acids is 3. The van der Waals surface area contributed by atoms with E-state index in [9.17, 15) is 14.4 Å². The molecular weight excluding hydrogens is 372 g/mol. The normalized spacial score (nSPS) is 26.8. The Bertz CT molecular complexity index is 838. The van der Waals surface area contributed by atoms with Crippen molar-refractivity contribution < 1.29 is 19.1 Å². The molecule has 1 aromatic carbocycles. The molecule has 156 valence electrons. The molecule has 2 unspecified atom stereocenters. The fraction of sp³-hybridized carbons (Fsp3) is 0.571. The summed E-state index contributed by atoms with van der Waals surface area (Å²) in [6.07, 6.45) is 0.634. The largest absolute Gasteiger partial charge is 0.378 e. The van der Waals surface area contributed by atoms with Gasteiger partial charge in [0.15, 0.2) is 0 Å². The van der Waals surface area contributed by atoms with Gasteiger partial charge >= 0.3 is 0 Å². The summed E-state index contributed by atoms with van der Waals surface area (Å²) >= 11 is 0. The molecule has 0 bridgehead atoms. The zero-order valence-corrected chi connectivity index (χ0v) is 16.9. The van der Waals surface area contributed by atoms with Crippen molar-refractivity contribution in [1.29, 1.82) is 0 Å². The Kier molecular flexibility index (Phi) is 5.42. The van der Waals surface area contributed by atoms with Crippen molar-refractivity contribution in [3.63, 3.8) is 0 Å². The van der Waals surface area contributed by atoms with Gasteiger partial charge in [-0.2, -0.15) is 0 Å². The van der Waals surface area contributed by atoms with Crippen LogP contribution in [0, 0.1) is 0 Å². The summed E-state index contributed by atoms with van der Waals surface area (Å²) < 4.78 is 5.78. The van der Waals surface area contributed by atoms with E-state index in [2.05, 4.69) is 29.8 Å². The molecule has 8 nitrogen and oxygen atoms in total. The minimum Gasteiger partial charge on any atom is -0.378 e. The minimum atomic E-state index is -0.588. The molecule has 3 aliphatic heterocycles. The number of carbonyl (C=O) groups is 3. The number of benzene rings is 1. The molecule has 0 saturated carbocycles. The predicted molar refractivity (Wildman–Crippen MR) is 106 cm³/mol. The van der Waals surface area contributed by atoms with E-state index < -0.39 is 6.04 Å². The highest BCUT2D eigenvalue weighted by Gasteiger charge is 2.39. The van der Waals surface area contributed by atoms with E-state index in [0.717, 1.165) is 17.7 Å². The van der Waals surface area contributed by atoms with Gasteiger partial charge in [0, 0.05) is 43.2 Å². The first-order valence-electron chi connectivity index (χ1n) is 10.2. The molecule has 3 amide bonds. The second-order valence-electron chi connectivity index (χ2n) is 8.70. The van der Waals surface area contributed by atoms with Crippen LogP contribution in [0.15, 0.2) is 18.2 Å². The van der Waals surface area contributed by atoms with E-state index in [0.29, 0.717) is 38.3 Å². The van der Waals surface area contributed by atoms with Gasteiger partial charge in [-0.3, -0.25) is 19.7 Å². The monoisotopic (exact) mass is 400 g/mol. The van der Waals surface area contributed by atoms with Crippen LogP contribution in [0.3, 0.4) is 0 Å². The molecule has 2 fully saturated rings. The van der Waals surface area contributed by atoms with Gasteiger partial charge in [-0.1, -0.05) is 12.1 Å². The van der Waals surface area contributed by atoms with Crippen molar-refractivity contribution in [1.82, 2.24) is 20.9 Å². The highest BCUT2D eigenvalue weighted by atomic mass is 16.5. The summed E-state index contributed by atoms with van der Waals surface area (Å²) in [7, 11) is 0. The number of imide groups is 1. The summed E-state index contributed by atoms with van der Waals surface area (Å²) in [5, 5.41) is 9.38. The lowest BCUT2D eigenvalue weighted by Crippen LogP contribution is -2.52. The number of ether oxygens (including phenoxy) is 1. The van der Waals surface area contributed by atoms with E-state index in [1.807, 2.05) is 18.2 Å². The van der Waals surface area contributed by atoms with Gasteiger partial charge in [-0.25, -0.2) is 0 Å². The molecule has 0 aliphatic carbocycles.